The number of aryl methyl sites for hydroxylation is 1. The maximum Gasteiger partial charge on any atom is 0.167 e. The van der Waals surface area contributed by atoms with Crippen LogP contribution in [0.4, 0.5) is 0 Å². The Bertz CT molecular complexity index is 987. The predicted molar refractivity (Wildman–Crippen MR) is 115 cm³/mol. The zero-order valence-electron chi connectivity index (χ0n) is 16.4. The first-order valence-electron chi connectivity index (χ1n) is 9.77. The summed E-state index contributed by atoms with van der Waals surface area (Å²) in [6.07, 6.45) is 4.05. The fourth-order valence-electron chi connectivity index (χ4n) is 3.89. The number of nitrogens with zero attached hydrogens (tertiary/aromatic N) is 3. The molecule has 1 fully saturated rings. The topological polar surface area (TPSA) is 46.1 Å². The van der Waals surface area contributed by atoms with Gasteiger partial charge in [-0.3, -0.25) is 9.69 Å². The molecule has 144 valence electrons. The van der Waals surface area contributed by atoms with Crippen molar-refractivity contribution in [2.45, 2.75) is 31.2 Å². The fraction of sp³-hybridized carbons (Fsp3) is 0.348. The minimum Gasteiger partial charge on any atom is -0.297 e. The van der Waals surface area contributed by atoms with Crippen molar-refractivity contribution in [3.05, 3.63) is 65.5 Å². The van der Waals surface area contributed by atoms with Gasteiger partial charge in [0.05, 0.1) is 22.4 Å². The van der Waals surface area contributed by atoms with Gasteiger partial charge in [0.1, 0.15) is 0 Å². The Kier molecular flexibility index (Phi) is 5.74. The summed E-state index contributed by atoms with van der Waals surface area (Å²) in [5.41, 5.74) is 4.67. The van der Waals surface area contributed by atoms with Crippen LogP contribution >= 0.6 is 11.8 Å². The average Bonchev–Trinajstić information content (AvgIpc) is 2.74. The van der Waals surface area contributed by atoms with Gasteiger partial charge in [-0.15, -0.1) is 11.8 Å². The molecule has 0 amide bonds. The minimum atomic E-state index is 0.0580. The van der Waals surface area contributed by atoms with Crippen LogP contribution in [0.25, 0.3) is 11.0 Å². The van der Waals surface area contributed by atoms with Crippen molar-refractivity contribution >= 4 is 28.6 Å². The second-order valence-electron chi connectivity index (χ2n) is 7.41. The highest BCUT2D eigenvalue weighted by Gasteiger charge is 2.27. The highest BCUT2D eigenvalue weighted by Crippen LogP contribution is 2.24. The molecule has 0 spiro atoms. The summed E-state index contributed by atoms with van der Waals surface area (Å²) >= 11 is 1.70. The lowest BCUT2D eigenvalue weighted by atomic mass is 9.90. The predicted octanol–water partition coefficient (Wildman–Crippen LogP) is 4.76. The molecule has 28 heavy (non-hydrogen) atoms. The number of hydrogen-bond acceptors (Lipinski definition) is 5. The van der Waals surface area contributed by atoms with Gasteiger partial charge in [0.2, 0.25) is 0 Å². The average molecular weight is 392 g/mol. The highest BCUT2D eigenvalue weighted by molar-refractivity contribution is 7.98. The zero-order chi connectivity index (χ0) is 19.5. The largest absolute Gasteiger partial charge is 0.297 e. The van der Waals surface area contributed by atoms with E-state index in [-0.39, 0.29) is 11.7 Å². The Labute approximate surface area is 170 Å². The van der Waals surface area contributed by atoms with Gasteiger partial charge >= 0.3 is 0 Å². The molecule has 0 N–H and O–H groups in total. The first-order chi connectivity index (χ1) is 13.6. The summed E-state index contributed by atoms with van der Waals surface area (Å²) < 4.78 is 0. The standard InChI is InChI=1S/C23H25N3OS/c1-16-22(25-21-8-4-3-7-20(21)24-16)15-26-13-5-6-18(14-26)23(27)17-9-11-19(28-2)12-10-17/h3-4,7-12,18H,5-6,13-15H2,1-2H3. The van der Waals surface area contributed by atoms with E-state index in [0.29, 0.717) is 0 Å². The summed E-state index contributed by atoms with van der Waals surface area (Å²) in [4.78, 5) is 26.0. The molecule has 1 aliphatic heterocycles. The van der Waals surface area contributed by atoms with Crippen LogP contribution in [-0.4, -0.2) is 40.0 Å². The van der Waals surface area contributed by atoms with E-state index in [1.54, 1.807) is 11.8 Å². The van der Waals surface area contributed by atoms with Crippen molar-refractivity contribution in [1.82, 2.24) is 14.9 Å². The maximum atomic E-state index is 13.0. The number of rotatable bonds is 5. The van der Waals surface area contributed by atoms with E-state index in [4.69, 9.17) is 9.97 Å². The lowest BCUT2D eigenvalue weighted by Crippen LogP contribution is -2.38. The molecule has 3 aromatic rings. The number of fused-ring (bicyclic) bond motifs is 1. The van der Waals surface area contributed by atoms with Gasteiger partial charge in [-0.05, 0) is 56.8 Å². The number of carbonyl (C=O) groups excluding carboxylic acids is 1. The van der Waals surface area contributed by atoms with Crippen molar-refractivity contribution in [3.63, 3.8) is 0 Å². The molecule has 0 radical (unpaired) electrons. The molecular formula is C23H25N3OS. The summed E-state index contributed by atoms with van der Waals surface area (Å²) in [6, 6.07) is 16.0. The number of benzene rings is 2. The van der Waals surface area contributed by atoms with E-state index in [1.165, 1.54) is 4.90 Å². The van der Waals surface area contributed by atoms with Gasteiger partial charge in [-0.25, -0.2) is 9.97 Å². The van der Waals surface area contributed by atoms with Gasteiger partial charge in [0, 0.05) is 29.5 Å². The fourth-order valence-corrected chi connectivity index (χ4v) is 4.30. The quantitative estimate of drug-likeness (QED) is 0.464. The summed E-state index contributed by atoms with van der Waals surface area (Å²) in [6.45, 7) is 4.56. The molecule has 1 aromatic heterocycles. The molecule has 4 nitrogen and oxygen atoms in total. The second kappa shape index (κ2) is 8.41. The van der Waals surface area contributed by atoms with Crippen molar-refractivity contribution in [3.8, 4) is 0 Å². The van der Waals surface area contributed by atoms with Crippen LogP contribution in [0, 0.1) is 12.8 Å². The maximum absolute atomic E-state index is 13.0. The monoisotopic (exact) mass is 391 g/mol. The van der Waals surface area contributed by atoms with Gasteiger partial charge in [-0.2, -0.15) is 0 Å². The number of carbonyl (C=O) groups is 1. The van der Waals surface area contributed by atoms with Crippen molar-refractivity contribution in [2.75, 3.05) is 19.3 Å². The molecule has 0 saturated carbocycles. The second-order valence-corrected chi connectivity index (χ2v) is 8.29. The number of para-hydroxylation sites is 2. The minimum absolute atomic E-state index is 0.0580. The molecule has 0 aliphatic carbocycles. The Hall–Kier alpha value is -2.24. The number of ketones is 1. The molecule has 2 aromatic carbocycles. The normalized spacial score (nSPS) is 17.7. The van der Waals surface area contributed by atoms with Crippen LogP contribution in [0.3, 0.4) is 0 Å². The van der Waals surface area contributed by atoms with Crippen LogP contribution in [0.15, 0.2) is 53.4 Å². The third-order valence-corrected chi connectivity index (χ3v) is 6.21. The van der Waals surface area contributed by atoms with E-state index >= 15 is 0 Å². The molecule has 0 bridgehead atoms. The Morgan fingerprint density at radius 3 is 2.54 bits per heavy atom. The van der Waals surface area contributed by atoms with E-state index < -0.39 is 0 Å². The van der Waals surface area contributed by atoms with Crippen molar-refractivity contribution in [2.24, 2.45) is 5.92 Å². The first-order valence-corrected chi connectivity index (χ1v) is 11.0. The van der Waals surface area contributed by atoms with Crippen LogP contribution in [0.5, 0.6) is 0 Å². The molecule has 5 heteroatoms. The molecule has 1 unspecified atom stereocenters. The van der Waals surface area contributed by atoms with E-state index in [9.17, 15) is 4.79 Å². The van der Waals surface area contributed by atoms with Crippen LogP contribution in [0.1, 0.15) is 34.6 Å². The summed E-state index contributed by atoms with van der Waals surface area (Å²) in [5, 5.41) is 0. The van der Waals surface area contributed by atoms with Crippen LogP contribution < -0.4 is 0 Å². The smallest absolute Gasteiger partial charge is 0.167 e. The molecule has 1 saturated heterocycles. The third kappa shape index (κ3) is 4.10. The lowest BCUT2D eigenvalue weighted by Gasteiger charge is -2.32. The van der Waals surface area contributed by atoms with Crippen molar-refractivity contribution in [1.29, 1.82) is 0 Å². The van der Waals surface area contributed by atoms with Crippen LogP contribution in [-0.2, 0) is 6.54 Å². The number of hydrogen-bond donors (Lipinski definition) is 0. The summed E-state index contributed by atoms with van der Waals surface area (Å²) in [7, 11) is 0. The van der Waals surface area contributed by atoms with E-state index in [2.05, 4.69) is 4.90 Å². The number of likely N-dealkylation sites (tertiary alicyclic amines) is 1. The lowest BCUT2D eigenvalue weighted by molar-refractivity contribution is 0.0810. The molecule has 2 heterocycles. The van der Waals surface area contributed by atoms with Crippen molar-refractivity contribution < 1.29 is 4.79 Å². The van der Waals surface area contributed by atoms with Gasteiger partial charge in [-0.1, -0.05) is 24.3 Å². The van der Waals surface area contributed by atoms with Gasteiger partial charge in [0.25, 0.3) is 0 Å². The van der Waals surface area contributed by atoms with Crippen LogP contribution in [0.2, 0.25) is 0 Å². The Morgan fingerprint density at radius 2 is 1.82 bits per heavy atom. The highest BCUT2D eigenvalue weighted by atomic mass is 32.2. The third-order valence-electron chi connectivity index (χ3n) is 5.47. The van der Waals surface area contributed by atoms with Gasteiger partial charge in [0.15, 0.2) is 5.78 Å². The Balaban J connectivity index is 1.47. The van der Waals surface area contributed by atoms with Gasteiger partial charge < -0.3 is 0 Å². The molecule has 1 atom stereocenters. The number of aromatic nitrogens is 2. The Morgan fingerprint density at radius 1 is 1.11 bits per heavy atom. The zero-order valence-corrected chi connectivity index (χ0v) is 17.2. The SMILES string of the molecule is CSc1ccc(C(=O)C2CCCN(Cc3nc4ccccc4nc3C)C2)cc1. The number of piperidine rings is 1. The number of Topliss-reactive ketones (excluding diaryl/α,β-unsaturated/α-hetero) is 1. The summed E-state index contributed by atoms with van der Waals surface area (Å²) in [5.74, 6) is 0.321. The van der Waals surface area contributed by atoms with E-state index in [0.717, 1.165) is 60.5 Å². The first kappa shape index (κ1) is 19.1. The molecule has 1 aliphatic rings. The number of thioether (sulfide) groups is 1. The molecule has 4 rings (SSSR count). The molecular weight excluding hydrogens is 366 g/mol. The van der Waals surface area contributed by atoms with E-state index in [1.807, 2.05) is 61.7 Å².